The Morgan fingerprint density at radius 3 is 2.92 bits per heavy atom. The van der Waals surface area contributed by atoms with E-state index in [-0.39, 0.29) is 5.97 Å². The maximum Gasteiger partial charge on any atom is 0.306 e. The molecular formula is C22H33NO2. The molecule has 0 bridgehead atoms. The maximum atomic E-state index is 12.3. The molecule has 25 heavy (non-hydrogen) atoms. The van der Waals surface area contributed by atoms with E-state index >= 15 is 0 Å². The molecule has 3 rings (SSSR count). The first-order chi connectivity index (χ1) is 12.1. The standard InChI is InChI=1S/C22H33NO2/c1-17-7-5-8-19(13-17)14-18(2)15-22(24)25-16-20-9-6-12-23-11-4-3-10-21(20)23/h5,7-8,13,18,20-21H,3-4,6,9-12,14-16H2,1-2H3/t18-,20-,21+/m0/s1. The third kappa shape index (κ3) is 5.31. The van der Waals surface area contributed by atoms with Crippen LogP contribution in [0.3, 0.4) is 0 Å². The van der Waals surface area contributed by atoms with Gasteiger partial charge in [-0.2, -0.15) is 0 Å². The zero-order valence-corrected chi connectivity index (χ0v) is 15.9. The third-order valence-corrected chi connectivity index (χ3v) is 5.87. The topological polar surface area (TPSA) is 29.5 Å². The van der Waals surface area contributed by atoms with Gasteiger partial charge in [0.25, 0.3) is 0 Å². The van der Waals surface area contributed by atoms with E-state index in [0.29, 0.717) is 30.9 Å². The Balaban J connectivity index is 1.42. The molecule has 2 aliphatic rings. The van der Waals surface area contributed by atoms with Crippen molar-refractivity contribution in [1.82, 2.24) is 4.90 Å². The van der Waals surface area contributed by atoms with Crippen LogP contribution in [0.5, 0.6) is 0 Å². The monoisotopic (exact) mass is 343 g/mol. The highest BCUT2D eigenvalue weighted by atomic mass is 16.5. The van der Waals surface area contributed by atoms with Crippen LogP contribution in [0.1, 0.15) is 56.6 Å². The number of carbonyl (C=O) groups excluding carboxylic acids is 1. The van der Waals surface area contributed by atoms with Gasteiger partial charge in [-0.1, -0.05) is 43.2 Å². The number of hydrogen-bond donors (Lipinski definition) is 0. The number of esters is 1. The van der Waals surface area contributed by atoms with Crippen molar-refractivity contribution in [3.05, 3.63) is 35.4 Å². The van der Waals surface area contributed by atoms with Crippen LogP contribution in [0.4, 0.5) is 0 Å². The average molecular weight is 344 g/mol. The zero-order valence-electron chi connectivity index (χ0n) is 15.9. The molecule has 2 fully saturated rings. The summed E-state index contributed by atoms with van der Waals surface area (Å²) < 4.78 is 5.70. The van der Waals surface area contributed by atoms with E-state index in [1.807, 2.05) is 0 Å². The van der Waals surface area contributed by atoms with Crippen molar-refractivity contribution in [2.75, 3.05) is 19.7 Å². The van der Waals surface area contributed by atoms with Crippen LogP contribution in [-0.4, -0.2) is 36.6 Å². The molecular weight excluding hydrogens is 310 g/mol. The quantitative estimate of drug-likeness (QED) is 0.718. The van der Waals surface area contributed by atoms with Crippen molar-refractivity contribution in [1.29, 1.82) is 0 Å². The first-order valence-electron chi connectivity index (χ1n) is 10.1. The van der Waals surface area contributed by atoms with Crippen LogP contribution in [-0.2, 0) is 16.0 Å². The van der Waals surface area contributed by atoms with Gasteiger partial charge in [-0.05, 0) is 63.6 Å². The van der Waals surface area contributed by atoms with E-state index < -0.39 is 0 Å². The van der Waals surface area contributed by atoms with Gasteiger partial charge in [0, 0.05) is 18.4 Å². The summed E-state index contributed by atoms with van der Waals surface area (Å²) in [5, 5.41) is 0. The molecule has 1 aromatic carbocycles. The Bertz CT molecular complexity index is 569. The fourth-order valence-corrected chi connectivity index (χ4v) is 4.63. The molecule has 138 valence electrons. The van der Waals surface area contributed by atoms with Crippen LogP contribution >= 0.6 is 0 Å². The molecule has 3 heteroatoms. The average Bonchev–Trinajstić information content (AvgIpc) is 2.59. The van der Waals surface area contributed by atoms with E-state index in [1.54, 1.807) is 0 Å². The number of carbonyl (C=O) groups is 1. The number of ether oxygens (including phenoxy) is 1. The number of aryl methyl sites for hydroxylation is 1. The summed E-state index contributed by atoms with van der Waals surface area (Å²) in [6.45, 7) is 7.36. The fraction of sp³-hybridized carbons (Fsp3) is 0.682. The summed E-state index contributed by atoms with van der Waals surface area (Å²) in [7, 11) is 0. The summed E-state index contributed by atoms with van der Waals surface area (Å²) in [5.41, 5.74) is 2.59. The summed E-state index contributed by atoms with van der Waals surface area (Å²) in [6, 6.07) is 9.21. The van der Waals surface area contributed by atoms with E-state index in [4.69, 9.17) is 4.74 Å². The second-order valence-corrected chi connectivity index (χ2v) is 8.19. The number of benzene rings is 1. The summed E-state index contributed by atoms with van der Waals surface area (Å²) in [5.74, 6) is 0.852. The Morgan fingerprint density at radius 2 is 2.08 bits per heavy atom. The normalized spacial score (nSPS) is 25.2. The molecule has 0 saturated carbocycles. The fourth-order valence-electron chi connectivity index (χ4n) is 4.63. The summed E-state index contributed by atoms with van der Waals surface area (Å²) in [6.07, 6.45) is 7.88. The molecule has 0 radical (unpaired) electrons. The van der Waals surface area contributed by atoms with E-state index in [0.717, 1.165) is 6.42 Å². The van der Waals surface area contributed by atoms with Crippen LogP contribution in [0.15, 0.2) is 24.3 Å². The van der Waals surface area contributed by atoms with Crippen molar-refractivity contribution in [2.45, 2.75) is 64.8 Å². The van der Waals surface area contributed by atoms with Crippen LogP contribution in [0.2, 0.25) is 0 Å². The number of fused-ring (bicyclic) bond motifs is 1. The second kappa shape index (κ2) is 8.84. The SMILES string of the molecule is Cc1cccc(C[C@H](C)CC(=O)OC[C@@H]2CCCN3CCCC[C@H]23)c1. The lowest BCUT2D eigenvalue weighted by Gasteiger charge is -2.44. The van der Waals surface area contributed by atoms with E-state index in [2.05, 4.69) is 43.0 Å². The minimum atomic E-state index is -0.0203. The molecule has 1 aromatic rings. The molecule has 2 aliphatic heterocycles. The van der Waals surface area contributed by atoms with Gasteiger partial charge < -0.3 is 4.74 Å². The lowest BCUT2D eigenvalue weighted by atomic mass is 9.84. The number of rotatable bonds is 6. The molecule has 3 nitrogen and oxygen atoms in total. The van der Waals surface area contributed by atoms with Crippen molar-refractivity contribution in [3.8, 4) is 0 Å². The predicted octanol–water partition coefficient (Wildman–Crippen LogP) is 4.37. The second-order valence-electron chi connectivity index (χ2n) is 8.19. The molecule has 2 saturated heterocycles. The molecule has 0 spiro atoms. The van der Waals surface area contributed by atoms with E-state index in [1.165, 1.54) is 56.3 Å². The lowest BCUT2D eigenvalue weighted by molar-refractivity contribution is -0.147. The van der Waals surface area contributed by atoms with Gasteiger partial charge >= 0.3 is 5.97 Å². The van der Waals surface area contributed by atoms with Gasteiger partial charge in [0.15, 0.2) is 0 Å². The number of nitrogens with zero attached hydrogens (tertiary/aromatic N) is 1. The van der Waals surface area contributed by atoms with Gasteiger partial charge in [-0.15, -0.1) is 0 Å². The molecule has 2 heterocycles. The lowest BCUT2D eigenvalue weighted by Crippen LogP contribution is -2.49. The molecule has 0 unspecified atom stereocenters. The van der Waals surface area contributed by atoms with Crippen molar-refractivity contribution >= 4 is 5.97 Å². The molecule has 0 aliphatic carbocycles. The highest BCUT2D eigenvalue weighted by Gasteiger charge is 2.33. The van der Waals surface area contributed by atoms with Gasteiger partial charge in [0.05, 0.1) is 6.61 Å². The smallest absolute Gasteiger partial charge is 0.306 e. The van der Waals surface area contributed by atoms with Crippen molar-refractivity contribution in [2.24, 2.45) is 11.8 Å². The van der Waals surface area contributed by atoms with Gasteiger partial charge in [0.1, 0.15) is 0 Å². The van der Waals surface area contributed by atoms with Gasteiger partial charge in [-0.25, -0.2) is 0 Å². The highest BCUT2D eigenvalue weighted by Crippen LogP contribution is 2.31. The maximum absolute atomic E-state index is 12.3. The Morgan fingerprint density at radius 1 is 1.24 bits per heavy atom. The predicted molar refractivity (Wildman–Crippen MR) is 102 cm³/mol. The first kappa shape index (κ1) is 18.4. The summed E-state index contributed by atoms with van der Waals surface area (Å²) in [4.78, 5) is 14.9. The van der Waals surface area contributed by atoms with Gasteiger partial charge in [0.2, 0.25) is 0 Å². The zero-order chi connectivity index (χ0) is 17.6. The Labute approximate surface area is 152 Å². The number of piperidine rings is 2. The first-order valence-corrected chi connectivity index (χ1v) is 10.1. The van der Waals surface area contributed by atoms with Crippen LogP contribution in [0.25, 0.3) is 0 Å². The molecule has 0 amide bonds. The van der Waals surface area contributed by atoms with Gasteiger partial charge in [-0.3, -0.25) is 9.69 Å². The largest absolute Gasteiger partial charge is 0.465 e. The minimum absolute atomic E-state index is 0.0203. The molecule has 0 aromatic heterocycles. The molecule has 3 atom stereocenters. The Kier molecular flexibility index (Phi) is 6.52. The highest BCUT2D eigenvalue weighted by molar-refractivity contribution is 5.69. The number of hydrogen-bond acceptors (Lipinski definition) is 3. The summed E-state index contributed by atoms with van der Waals surface area (Å²) >= 11 is 0. The van der Waals surface area contributed by atoms with Crippen molar-refractivity contribution in [3.63, 3.8) is 0 Å². The minimum Gasteiger partial charge on any atom is -0.465 e. The van der Waals surface area contributed by atoms with E-state index in [9.17, 15) is 4.79 Å². The Hall–Kier alpha value is -1.35. The van der Waals surface area contributed by atoms with Crippen LogP contribution < -0.4 is 0 Å². The third-order valence-electron chi connectivity index (χ3n) is 5.87. The van der Waals surface area contributed by atoms with Crippen molar-refractivity contribution < 1.29 is 9.53 Å². The molecule has 0 N–H and O–H groups in total. The van der Waals surface area contributed by atoms with Crippen LogP contribution in [0, 0.1) is 18.8 Å².